The van der Waals surface area contributed by atoms with Crippen molar-refractivity contribution in [2.75, 3.05) is 4.90 Å². The monoisotopic (exact) mass is 286 g/mol. The maximum atomic E-state index is 12.7. The number of nitrogens with one attached hydrogen (secondary N) is 1. The van der Waals surface area contributed by atoms with Crippen molar-refractivity contribution in [2.24, 2.45) is 0 Å². The zero-order chi connectivity index (χ0) is 15.0. The zero-order valence-corrected chi connectivity index (χ0v) is 12.7. The second-order valence-electron chi connectivity index (χ2n) is 5.98. The van der Waals surface area contributed by atoms with Crippen molar-refractivity contribution in [3.63, 3.8) is 0 Å². The third-order valence-electron chi connectivity index (χ3n) is 4.66. The molecule has 1 fully saturated rings. The van der Waals surface area contributed by atoms with Crippen LogP contribution in [0.2, 0.25) is 0 Å². The molecule has 0 aromatic heterocycles. The van der Waals surface area contributed by atoms with Gasteiger partial charge in [0, 0.05) is 5.69 Å². The first-order valence-corrected chi connectivity index (χ1v) is 7.87. The van der Waals surface area contributed by atoms with E-state index in [0.717, 1.165) is 24.9 Å². The summed E-state index contributed by atoms with van der Waals surface area (Å²) >= 11 is 0. The fourth-order valence-corrected chi connectivity index (χ4v) is 3.42. The van der Waals surface area contributed by atoms with Crippen LogP contribution in [0.25, 0.3) is 0 Å². The number of piperazine rings is 1. The second-order valence-corrected chi connectivity index (χ2v) is 5.98. The van der Waals surface area contributed by atoms with E-state index in [1.165, 1.54) is 17.5 Å². The van der Waals surface area contributed by atoms with Gasteiger partial charge in [-0.3, -0.25) is 14.5 Å². The van der Waals surface area contributed by atoms with E-state index in [2.05, 4.69) is 11.4 Å². The van der Waals surface area contributed by atoms with Crippen molar-refractivity contribution < 1.29 is 9.59 Å². The Morgan fingerprint density at radius 3 is 2.76 bits per heavy atom. The number of amides is 2. The van der Waals surface area contributed by atoms with Crippen molar-refractivity contribution in [1.82, 2.24) is 5.32 Å². The number of aryl methyl sites for hydroxylation is 1. The van der Waals surface area contributed by atoms with Gasteiger partial charge in [0.1, 0.15) is 12.1 Å². The minimum absolute atomic E-state index is 0.0172. The van der Waals surface area contributed by atoms with Crippen LogP contribution in [0.3, 0.4) is 0 Å². The Hall–Kier alpha value is -1.84. The third-order valence-corrected chi connectivity index (χ3v) is 4.66. The quantitative estimate of drug-likeness (QED) is 0.906. The van der Waals surface area contributed by atoms with E-state index in [0.29, 0.717) is 6.42 Å². The summed E-state index contributed by atoms with van der Waals surface area (Å²) < 4.78 is 0. The number of rotatable bonds is 2. The van der Waals surface area contributed by atoms with Crippen LogP contribution in [-0.2, 0) is 22.4 Å². The van der Waals surface area contributed by atoms with Gasteiger partial charge in [0.2, 0.25) is 11.8 Å². The highest BCUT2D eigenvalue weighted by molar-refractivity contribution is 6.08. The fourth-order valence-electron chi connectivity index (χ4n) is 3.42. The molecule has 0 radical (unpaired) electrons. The van der Waals surface area contributed by atoms with E-state index in [-0.39, 0.29) is 11.8 Å². The lowest BCUT2D eigenvalue weighted by molar-refractivity contribution is -0.133. The van der Waals surface area contributed by atoms with Gasteiger partial charge >= 0.3 is 0 Å². The molecule has 0 spiro atoms. The first-order chi connectivity index (χ1) is 10.1. The van der Waals surface area contributed by atoms with Gasteiger partial charge in [0.05, 0.1) is 0 Å². The summed E-state index contributed by atoms with van der Waals surface area (Å²) in [6.07, 6.45) is 5.06. The van der Waals surface area contributed by atoms with E-state index < -0.39 is 12.1 Å². The highest BCUT2D eigenvalue weighted by Crippen LogP contribution is 2.33. The van der Waals surface area contributed by atoms with Crippen molar-refractivity contribution in [3.8, 4) is 0 Å². The van der Waals surface area contributed by atoms with Gasteiger partial charge in [-0.15, -0.1) is 0 Å². The molecular weight excluding hydrogens is 264 g/mol. The highest BCUT2D eigenvalue weighted by atomic mass is 16.2. The molecule has 1 aliphatic heterocycles. The Kier molecular flexibility index (Phi) is 3.70. The molecular formula is C17H22N2O2. The summed E-state index contributed by atoms with van der Waals surface area (Å²) in [6, 6.07) is 5.31. The number of anilines is 1. The van der Waals surface area contributed by atoms with Gasteiger partial charge in [0.15, 0.2) is 0 Å². The van der Waals surface area contributed by atoms with Gasteiger partial charge in [-0.25, -0.2) is 0 Å². The van der Waals surface area contributed by atoms with Crippen LogP contribution in [0.5, 0.6) is 0 Å². The number of fused-ring (bicyclic) bond motifs is 1. The van der Waals surface area contributed by atoms with Crippen molar-refractivity contribution >= 4 is 17.5 Å². The topological polar surface area (TPSA) is 49.4 Å². The molecule has 2 aliphatic rings. The molecule has 0 bridgehead atoms. The Morgan fingerprint density at radius 1 is 1.24 bits per heavy atom. The van der Waals surface area contributed by atoms with Crippen LogP contribution in [0, 0.1) is 0 Å². The molecule has 2 atom stereocenters. The maximum absolute atomic E-state index is 12.7. The van der Waals surface area contributed by atoms with Gasteiger partial charge in [0.25, 0.3) is 0 Å². The molecule has 0 saturated carbocycles. The van der Waals surface area contributed by atoms with Gasteiger partial charge < -0.3 is 5.32 Å². The Morgan fingerprint density at radius 2 is 2.00 bits per heavy atom. The average molecular weight is 286 g/mol. The van der Waals surface area contributed by atoms with Crippen molar-refractivity contribution in [1.29, 1.82) is 0 Å². The lowest BCUT2D eigenvalue weighted by Gasteiger charge is -2.38. The number of nitrogens with zero attached hydrogens (tertiary/aromatic N) is 1. The van der Waals surface area contributed by atoms with Crippen LogP contribution in [0.1, 0.15) is 44.2 Å². The SMILES string of the molecule is CCC1NC(=O)C(C)N(c2cccc3c2CCCC3)C1=O. The minimum Gasteiger partial charge on any atom is -0.343 e. The fraction of sp³-hybridized carbons (Fsp3) is 0.529. The number of carbonyl (C=O) groups is 2. The largest absolute Gasteiger partial charge is 0.343 e. The molecule has 112 valence electrons. The Labute approximate surface area is 125 Å². The van der Waals surface area contributed by atoms with E-state index in [1.54, 1.807) is 11.8 Å². The first kappa shape index (κ1) is 14.1. The summed E-state index contributed by atoms with van der Waals surface area (Å²) in [5.74, 6) is -0.0431. The van der Waals surface area contributed by atoms with E-state index in [1.807, 2.05) is 19.1 Å². The maximum Gasteiger partial charge on any atom is 0.250 e. The molecule has 3 rings (SSSR count). The van der Waals surface area contributed by atoms with Gasteiger partial charge in [-0.05, 0) is 56.2 Å². The molecule has 2 unspecified atom stereocenters. The molecule has 1 aromatic rings. The number of hydrogen-bond donors (Lipinski definition) is 1. The molecule has 2 amide bonds. The number of carbonyl (C=O) groups excluding carboxylic acids is 2. The summed E-state index contributed by atoms with van der Waals surface area (Å²) in [4.78, 5) is 26.6. The van der Waals surface area contributed by atoms with Crippen LogP contribution >= 0.6 is 0 Å². The average Bonchev–Trinajstić information content (AvgIpc) is 2.51. The molecule has 1 aliphatic carbocycles. The van der Waals surface area contributed by atoms with E-state index in [4.69, 9.17) is 0 Å². The smallest absolute Gasteiger partial charge is 0.250 e. The predicted molar refractivity (Wildman–Crippen MR) is 82.3 cm³/mol. The minimum atomic E-state index is -0.436. The first-order valence-electron chi connectivity index (χ1n) is 7.87. The molecule has 21 heavy (non-hydrogen) atoms. The van der Waals surface area contributed by atoms with Crippen LogP contribution < -0.4 is 10.2 Å². The Bertz CT molecular complexity index is 582. The summed E-state index contributed by atoms with van der Waals surface area (Å²) in [5.41, 5.74) is 3.53. The second kappa shape index (κ2) is 5.51. The van der Waals surface area contributed by atoms with E-state index in [9.17, 15) is 9.59 Å². The van der Waals surface area contributed by atoms with Crippen LogP contribution in [-0.4, -0.2) is 23.9 Å². The third kappa shape index (κ3) is 2.33. The summed E-state index contributed by atoms with van der Waals surface area (Å²) in [5, 5.41) is 2.82. The molecule has 1 N–H and O–H groups in total. The van der Waals surface area contributed by atoms with Gasteiger partial charge in [-0.2, -0.15) is 0 Å². The Balaban J connectivity index is 2.05. The lowest BCUT2D eigenvalue weighted by atomic mass is 9.89. The van der Waals surface area contributed by atoms with Gasteiger partial charge in [-0.1, -0.05) is 19.1 Å². The summed E-state index contributed by atoms with van der Waals surface area (Å²) in [6.45, 7) is 3.73. The molecule has 4 heteroatoms. The molecule has 4 nitrogen and oxygen atoms in total. The van der Waals surface area contributed by atoms with E-state index >= 15 is 0 Å². The standard InChI is InChI=1S/C17H22N2O2/c1-3-14-17(21)19(11(2)16(20)18-14)15-10-6-8-12-7-4-5-9-13(12)15/h6,8,10-11,14H,3-5,7,9H2,1-2H3,(H,18,20). The predicted octanol–water partition coefficient (Wildman–Crippen LogP) is 2.20. The molecule has 1 aromatic carbocycles. The molecule has 1 saturated heterocycles. The number of benzene rings is 1. The van der Waals surface area contributed by atoms with Crippen LogP contribution in [0.4, 0.5) is 5.69 Å². The molecule has 1 heterocycles. The highest BCUT2D eigenvalue weighted by Gasteiger charge is 2.39. The van der Waals surface area contributed by atoms with Crippen molar-refractivity contribution in [2.45, 2.75) is 58.0 Å². The zero-order valence-electron chi connectivity index (χ0n) is 12.7. The normalized spacial score (nSPS) is 25.5. The summed E-state index contributed by atoms with van der Waals surface area (Å²) in [7, 11) is 0. The van der Waals surface area contributed by atoms with Crippen molar-refractivity contribution in [3.05, 3.63) is 29.3 Å². The lowest BCUT2D eigenvalue weighted by Crippen LogP contribution is -2.62. The van der Waals surface area contributed by atoms with Crippen LogP contribution in [0.15, 0.2) is 18.2 Å². The number of hydrogen-bond acceptors (Lipinski definition) is 2.